The van der Waals surface area contributed by atoms with Crippen LogP contribution in [-0.4, -0.2) is 46.2 Å². The topological polar surface area (TPSA) is 66.9 Å². The lowest BCUT2D eigenvalue weighted by Crippen LogP contribution is -2.36. The third-order valence-corrected chi connectivity index (χ3v) is 4.66. The van der Waals surface area contributed by atoms with Gasteiger partial charge < -0.3 is 14.6 Å². The van der Waals surface area contributed by atoms with Gasteiger partial charge in [-0.1, -0.05) is 6.07 Å². The van der Waals surface area contributed by atoms with E-state index in [4.69, 9.17) is 4.74 Å². The molecule has 4 aromatic rings. The number of nitrogens with one attached hydrogen (secondary N) is 1. The van der Waals surface area contributed by atoms with Gasteiger partial charge in [-0.15, -0.1) is 0 Å². The molecule has 0 unspecified atom stereocenters. The number of rotatable bonds is 2. The minimum atomic E-state index is 0.735. The largest absolute Gasteiger partial charge is 0.378 e. The van der Waals surface area contributed by atoms with E-state index in [1.165, 1.54) is 0 Å². The first kappa shape index (κ1) is 14.4. The Hall–Kier alpha value is -2.99. The Balaban J connectivity index is 1.64. The molecule has 1 aromatic carbocycles. The number of pyridine rings is 1. The van der Waals surface area contributed by atoms with Crippen LogP contribution < -0.4 is 4.90 Å². The predicted octanol–water partition coefficient (Wildman–Crippen LogP) is 3.01. The Bertz CT molecular complexity index is 1050. The van der Waals surface area contributed by atoms with Gasteiger partial charge in [0.25, 0.3) is 0 Å². The molecule has 1 fully saturated rings. The average molecular weight is 331 g/mol. The molecule has 0 radical (unpaired) electrons. The molecule has 1 N–H and O–H groups in total. The number of benzene rings is 1. The Morgan fingerprint density at radius 2 is 1.88 bits per heavy atom. The molecule has 4 heterocycles. The van der Waals surface area contributed by atoms with Gasteiger partial charge in [-0.05, 0) is 29.8 Å². The average Bonchev–Trinajstić information content (AvgIpc) is 3.15. The summed E-state index contributed by atoms with van der Waals surface area (Å²) in [6.07, 6.45) is 5.45. The van der Waals surface area contributed by atoms with Crippen molar-refractivity contribution in [2.24, 2.45) is 0 Å². The molecule has 1 saturated heterocycles. The van der Waals surface area contributed by atoms with Crippen LogP contribution in [0.2, 0.25) is 0 Å². The van der Waals surface area contributed by atoms with Gasteiger partial charge in [-0.3, -0.25) is 0 Å². The van der Waals surface area contributed by atoms with Gasteiger partial charge in [0.05, 0.1) is 18.7 Å². The number of morpholine rings is 1. The highest BCUT2D eigenvalue weighted by Crippen LogP contribution is 2.29. The Morgan fingerprint density at radius 3 is 2.80 bits per heavy atom. The zero-order valence-electron chi connectivity index (χ0n) is 13.6. The van der Waals surface area contributed by atoms with Crippen LogP contribution in [0.4, 0.5) is 5.82 Å². The number of anilines is 1. The zero-order valence-corrected chi connectivity index (χ0v) is 13.6. The number of ether oxygens (including phenoxy) is 1. The monoisotopic (exact) mass is 331 g/mol. The maximum absolute atomic E-state index is 5.46. The molecule has 6 heteroatoms. The van der Waals surface area contributed by atoms with E-state index in [0.717, 1.165) is 65.2 Å². The van der Waals surface area contributed by atoms with Crippen LogP contribution >= 0.6 is 0 Å². The summed E-state index contributed by atoms with van der Waals surface area (Å²) in [7, 11) is 0. The maximum Gasteiger partial charge on any atom is 0.140 e. The summed E-state index contributed by atoms with van der Waals surface area (Å²) in [6, 6.07) is 10.5. The highest BCUT2D eigenvalue weighted by Gasteiger charge is 2.16. The summed E-state index contributed by atoms with van der Waals surface area (Å²) in [5.41, 5.74) is 4.07. The van der Waals surface area contributed by atoms with E-state index in [9.17, 15) is 0 Å². The lowest BCUT2D eigenvalue weighted by molar-refractivity contribution is 0.122. The van der Waals surface area contributed by atoms with Crippen LogP contribution in [0, 0.1) is 0 Å². The van der Waals surface area contributed by atoms with Crippen molar-refractivity contribution in [3.63, 3.8) is 0 Å². The molecule has 0 bridgehead atoms. The highest BCUT2D eigenvalue weighted by molar-refractivity contribution is 5.93. The number of fused-ring (bicyclic) bond motifs is 2. The molecule has 124 valence electrons. The number of aromatic amines is 1. The van der Waals surface area contributed by atoms with E-state index in [2.05, 4.69) is 49.1 Å². The van der Waals surface area contributed by atoms with Crippen molar-refractivity contribution in [2.75, 3.05) is 31.2 Å². The second-order valence-electron chi connectivity index (χ2n) is 6.17. The Kier molecular flexibility index (Phi) is 3.34. The van der Waals surface area contributed by atoms with Gasteiger partial charge >= 0.3 is 0 Å². The molecule has 5 rings (SSSR count). The highest BCUT2D eigenvalue weighted by atomic mass is 16.5. The van der Waals surface area contributed by atoms with Gasteiger partial charge in [0.1, 0.15) is 17.8 Å². The van der Waals surface area contributed by atoms with Crippen LogP contribution in [0.25, 0.3) is 33.1 Å². The molecule has 1 aliphatic rings. The number of nitrogens with zero attached hydrogens (tertiary/aromatic N) is 4. The van der Waals surface area contributed by atoms with Crippen molar-refractivity contribution in [3.05, 3.63) is 49.1 Å². The summed E-state index contributed by atoms with van der Waals surface area (Å²) < 4.78 is 5.46. The summed E-state index contributed by atoms with van der Waals surface area (Å²) in [5, 5.41) is 2.17. The molecule has 3 aromatic heterocycles. The van der Waals surface area contributed by atoms with Crippen LogP contribution in [-0.2, 0) is 4.74 Å². The first-order valence-corrected chi connectivity index (χ1v) is 8.39. The van der Waals surface area contributed by atoms with E-state index in [1.807, 2.05) is 18.5 Å². The normalized spacial score (nSPS) is 15.1. The quantitative estimate of drug-likeness (QED) is 0.611. The molecule has 0 atom stereocenters. The molecule has 0 spiro atoms. The number of hydrogen-bond donors (Lipinski definition) is 1. The second-order valence-corrected chi connectivity index (χ2v) is 6.17. The summed E-state index contributed by atoms with van der Waals surface area (Å²) in [5.74, 6) is 0.978. The minimum absolute atomic E-state index is 0.735. The van der Waals surface area contributed by atoms with Gasteiger partial charge in [0.2, 0.25) is 0 Å². The molecule has 6 nitrogen and oxygen atoms in total. The Labute approximate surface area is 144 Å². The molecule has 25 heavy (non-hydrogen) atoms. The van der Waals surface area contributed by atoms with Crippen LogP contribution in [0.3, 0.4) is 0 Å². The molecular formula is C19H17N5O. The predicted molar refractivity (Wildman–Crippen MR) is 97.7 cm³/mol. The molecule has 0 saturated carbocycles. The number of H-pyrrole nitrogens is 1. The summed E-state index contributed by atoms with van der Waals surface area (Å²) in [6.45, 7) is 3.18. The molecular weight excluding hydrogens is 314 g/mol. The van der Waals surface area contributed by atoms with E-state index < -0.39 is 0 Å². The zero-order chi connectivity index (χ0) is 16.6. The smallest absolute Gasteiger partial charge is 0.140 e. The third kappa shape index (κ3) is 2.51. The Morgan fingerprint density at radius 1 is 0.960 bits per heavy atom. The summed E-state index contributed by atoms with van der Waals surface area (Å²) >= 11 is 0. The fourth-order valence-corrected chi connectivity index (χ4v) is 3.35. The number of aromatic nitrogens is 4. The van der Waals surface area contributed by atoms with Gasteiger partial charge in [-0.2, -0.15) is 0 Å². The molecule has 1 aliphatic heterocycles. The van der Waals surface area contributed by atoms with Crippen LogP contribution in [0.15, 0.2) is 49.1 Å². The SMILES string of the molecule is c1nc(N2CCOCC2)c2cc(-c3cnc4[nH]ccc4c3)ccc2n1. The fraction of sp³-hybridized carbons (Fsp3) is 0.211. The molecule has 0 amide bonds. The van der Waals surface area contributed by atoms with Crippen molar-refractivity contribution in [1.82, 2.24) is 19.9 Å². The van der Waals surface area contributed by atoms with E-state index in [0.29, 0.717) is 0 Å². The van der Waals surface area contributed by atoms with Crippen LogP contribution in [0.5, 0.6) is 0 Å². The fourth-order valence-electron chi connectivity index (χ4n) is 3.35. The van der Waals surface area contributed by atoms with Crippen molar-refractivity contribution in [2.45, 2.75) is 0 Å². The minimum Gasteiger partial charge on any atom is -0.378 e. The third-order valence-electron chi connectivity index (χ3n) is 4.66. The van der Waals surface area contributed by atoms with Crippen molar-refractivity contribution in [1.29, 1.82) is 0 Å². The van der Waals surface area contributed by atoms with Crippen molar-refractivity contribution < 1.29 is 4.74 Å². The van der Waals surface area contributed by atoms with E-state index in [-0.39, 0.29) is 0 Å². The standard InChI is InChI=1S/C19H17N5O/c1-2-17-16(19(23-12-22-17)24-5-7-25-8-6-24)10-13(1)15-9-14-3-4-20-18(14)21-11-15/h1-4,9-12H,5-8H2,(H,20,21). The van der Waals surface area contributed by atoms with Crippen molar-refractivity contribution in [3.8, 4) is 11.1 Å². The first-order chi connectivity index (χ1) is 12.4. The second kappa shape index (κ2) is 5.82. The van der Waals surface area contributed by atoms with Gasteiger partial charge in [-0.25, -0.2) is 15.0 Å². The van der Waals surface area contributed by atoms with Gasteiger partial charge in [0, 0.05) is 41.8 Å². The molecule has 0 aliphatic carbocycles. The lowest BCUT2D eigenvalue weighted by Gasteiger charge is -2.28. The van der Waals surface area contributed by atoms with Crippen LogP contribution in [0.1, 0.15) is 0 Å². The maximum atomic E-state index is 5.46. The summed E-state index contributed by atoms with van der Waals surface area (Å²) in [4.78, 5) is 18.9. The van der Waals surface area contributed by atoms with Gasteiger partial charge in [0.15, 0.2) is 0 Å². The van der Waals surface area contributed by atoms with E-state index >= 15 is 0 Å². The first-order valence-electron chi connectivity index (χ1n) is 8.39. The number of hydrogen-bond acceptors (Lipinski definition) is 5. The van der Waals surface area contributed by atoms with Crippen molar-refractivity contribution >= 4 is 27.8 Å². The lowest BCUT2D eigenvalue weighted by atomic mass is 10.0. The van der Waals surface area contributed by atoms with E-state index in [1.54, 1.807) is 6.33 Å².